The fourth-order valence-electron chi connectivity index (χ4n) is 2.73. The minimum Gasteiger partial charge on any atom is -0.469 e. The molecule has 2 aromatic heterocycles. The predicted octanol–water partition coefficient (Wildman–Crippen LogP) is 2.02. The molecular formula is C17H25IN6O. The molecule has 1 saturated heterocycles. The number of nitrogens with zero attached hydrogens (tertiary/aromatic N) is 5. The van der Waals surface area contributed by atoms with Gasteiger partial charge in [0.1, 0.15) is 5.76 Å². The molecule has 1 aliphatic rings. The molecule has 1 aliphatic heterocycles. The number of guanidine groups is 1. The van der Waals surface area contributed by atoms with Gasteiger partial charge in [-0.2, -0.15) is 0 Å². The van der Waals surface area contributed by atoms with E-state index in [0.29, 0.717) is 0 Å². The zero-order valence-electron chi connectivity index (χ0n) is 14.5. The van der Waals surface area contributed by atoms with Gasteiger partial charge in [-0.25, -0.2) is 9.97 Å². The molecule has 0 aromatic carbocycles. The molecule has 0 bridgehead atoms. The highest BCUT2D eigenvalue weighted by molar-refractivity contribution is 14.0. The summed E-state index contributed by atoms with van der Waals surface area (Å²) in [5.74, 6) is 2.75. The van der Waals surface area contributed by atoms with Crippen LogP contribution in [0.5, 0.6) is 0 Å². The third-order valence-electron chi connectivity index (χ3n) is 3.95. The number of aromatic nitrogens is 2. The molecule has 0 saturated carbocycles. The summed E-state index contributed by atoms with van der Waals surface area (Å²) in [6.07, 6.45) is 6.10. The number of halogens is 1. The number of hydrogen-bond donors (Lipinski definition) is 1. The van der Waals surface area contributed by atoms with Crippen LogP contribution in [0.4, 0.5) is 5.95 Å². The van der Waals surface area contributed by atoms with E-state index < -0.39 is 0 Å². The second-order valence-electron chi connectivity index (χ2n) is 5.59. The maximum absolute atomic E-state index is 5.36. The summed E-state index contributed by atoms with van der Waals surface area (Å²) in [7, 11) is 0. The molecule has 8 heteroatoms. The topological polar surface area (TPSA) is 69.8 Å². The van der Waals surface area contributed by atoms with Crippen molar-refractivity contribution in [3.63, 3.8) is 0 Å². The molecule has 0 spiro atoms. The monoisotopic (exact) mass is 456 g/mol. The van der Waals surface area contributed by atoms with Crippen LogP contribution in [0.2, 0.25) is 0 Å². The quantitative estimate of drug-likeness (QED) is 0.422. The van der Waals surface area contributed by atoms with Gasteiger partial charge >= 0.3 is 0 Å². The maximum Gasteiger partial charge on any atom is 0.225 e. The first-order valence-electron chi connectivity index (χ1n) is 8.44. The van der Waals surface area contributed by atoms with E-state index in [0.717, 1.165) is 63.4 Å². The van der Waals surface area contributed by atoms with Crippen LogP contribution in [0, 0.1) is 0 Å². The molecule has 25 heavy (non-hydrogen) atoms. The molecule has 7 nitrogen and oxygen atoms in total. The highest BCUT2D eigenvalue weighted by Gasteiger charge is 2.20. The molecule has 2 aromatic rings. The standard InChI is InChI=1S/C17H24N6O.HI/c1-2-18-16(21-9-6-15-5-3-14-24-15)22-10-12-23(13-11-22)17-19-7-4-8-20-17;/h3-5,7-8,14H,2,6,9-13H2,1H3,(H,18,21);1H. The van der Waals surface area contributed by atoms with Crippen LogP contribution in [0.3, 0.4) is 0 Å². The van der Waals surface area contributed by atoms with E-state index in [4.69, 9.17) is 9.41 Å². The van der Waals surface area contributed by atoms with Gasteiger partial charge in [0, 0.05) is 58.1 Å². The van der Waals surface area contributed by atoms with Crippen LogP contribution in [0.1, 0.15) is 12.7 Å². The van der Waals surface area contributed by atoms with Gasteiger partial charge in [-0.1, -0.05) is 0 Å². The molecule has 0 atom stereocenters. The van der Waals surface area contributed by atoms with Crippen molar-refractivity contribution in [1.29, 1.82) is 0 Å². The lowest BCUT2D eigenvalue weighted by Gasteiger charge is -2.36. The van der Waals surface area contributed by atoms with Gasteiger partial charge in [0.2, 0.25) is 5.95 Å². The Bertz CT molecular complexity index is 626. The minimum absolute atomic E-state index is 0. The third kappa shape index (κ3) is 5.58. The highest BCUT2D eigenvalue weighted by Crippen LogP contribution is 2.10. The highest BCUT2D eigenvalue weighted by atomic mass is 127. The van der Waals surface area contributed by atoms with Crippen molar-refractivity contribution in [2.75, 3.05) is 44.2 Å². The van der Waals surface area contributed by atoms with Gasteiger partial charge < -0.3 is 19.5 Å². The molecule has 0 amide bonds. The van der Waals surface area contributed by atoms with E-state index in [-0.39, 0.29) is 24.0 Å². The Hall–Kier alpha value is -1.84. The minimum atomic E-state index is 0. The molecule has 0 radical (unpaired) electrons. The van der Waals surface area contributed by atoms with Gasteiger partial charge in [-0.05, 0) is 25.1 Å². The first kappa shape index (κ1) is 19.5. The fourth-order valence-corrected chi connectivity index (χ4v) is 2.73. The van der Waals surface area contributed by atoms with Crippen molar-refractivity contribution in [1.82, 2.24) is 20.2 Å². The first-order chi connectivity index (χ1) is 11.9. The van der Waals surface area contributed by atoms with Gasteiger partial charge in [0.25, 0.3) is 0 Å². The van der Waals surface area contributed by atoms with Crippen LogP contribution < -0.4 is 10.2 Å². The maximum atomic E-state index is 5.36. The van der Waals surface area contributed by atoms with Crippen molar-refractivity contribution < 1.29 is 4.42 Å². The average molecular weight is 456 g/mol. The second kappa shape index (κ2) is 10.2. The molecule has 136 valence electrons. The Kier molecular flexibility index (Phi) is 7.96. The van der Waals surface area contributed by atoms with Gasteiger partial charge in [-0.15, -0.1) is 24.0 Å². The fraction of sp³-hybridized carbons (Fsp3) is 0.471. The van der Waals surface area contributed by atoms with E-state index in [1.165, 1.54) is 0 Å². The number of hydrogen-bond acceptors (Lipinski definition) is 5. The summed E-state index contributed by atoms with van der Waals surface area (Å²) in [4.78, 5) is 17.9. The molecule has 3 rings (SSSR count). The third-order valence-corrected chi connectivity index (χ3v) is 3.95. The smallest absolute Gasteiger partial charge is 0.225 e. The van der Waals surface area contributed by atoms with Gasteiger partial charge in [0.05, 0.1) is 6.26 Å². The number of furan rings is 1. The molecule has 0 unspecified atom stereocenters. The summed E-state index contributed by atoms with van der Waals surface area (Å²) in [6.45, 7) is 7.28. The summed E-state index contributed by atoms with van der Waals surface area (Å²) < 4.78 is 5.36. The summed E-state index contributed by atoms with van der Waals surface area (Å²) in [6, 6.07) is 5.74. The predicted molar refractivity (Wildman–Crippen MR) is 110 cm³/mol. The van der Waals surface area contributed by atoms with Crippen LogP contribution in [-0.4, -0.2) is 60.1 Å². The van der Waals surface area contributed by atoms with Crippen molar-refractivity contribution in [2.45, 2.75) is 13.3 Å². The van der Waals surface area contributed by atoms with Crippen LogP contribution in [-0.2, 0) is 6.42 Å². The molecule has 0 aliphatic carbocycles. The van der Waals surface area contributed by atoms with E-state index in [9.17, 15) is 0 Å². The van der Waals surface area contributed by atoms with Crippen molar-refractivity contribution in [3.05, 3.63) is 42.6 Å². The lowest BCUT2D eigenvalue weighted by molar-refractivity contribution is 0.370. The number of aliphatic imine (C=N–C) groups is 1. The average Bonchev–Trinajstić information content (AvgIpc) is 3.15. The van der Waals surface area contributed by atoms with Crippen molar-refractivity contribution in [2.24, 2.45) is 4.99 Å². The molecular weight excluding hydrogens is 431 g/mol. The van der Waals surface area contributed by atoms with E-state index in [1.54, 1.807) is 18.7 Å². The van der Waals surface area contributed by atoms with Crippen molar-refractivity contribution >= 4 is 35.9 Å². The van der Waals surface area contributed by atoms with E-state index in [2.05, 4.69) is 32.0 Å². The Labute approximate surface area is 165 Å². The van der Waals surface area contributed by atoms with Gasteiger partial charge in [0.15, 0.2) is 5.96 Å². The Morgan fingerprint density at radius 3 is 2.60 bits per heavy atom. The normalized spacial score (nSPS) is 15.0. The largest absolute Gasteiger partial charge is 0.469 e. The molecule has 1 N–H and O–H groups in total. The number of rotatable bonds is 5. The first-order valence-corrected chi connectivity index (χ1v) is 8.44. The summed E-state index contributed by atoms with van der Waals surface area (Å²) in [5.41, 5.74) is 0. The van der Waals surface area contributed by atoms with Crippen molar-refractivity contribution in [3.8, 4) is 0 Å². The van der Waals surface area contributed by atoms with Crippen LogP contribution >= 0.6 is 24.0 Å². The van der Waals surface area contributed by atoms with E-state index in [1.807, 2.05) is 18.2 Å². The summed E-state index contributed by atoms with van der Waals surface area (Å²) >= 11 is 0. The second-order valence-corrected chi connectivity index (χ2v) is 5.59. The zero-order chi connectivity index (χ0) is 16.6. The van der Waals surface area contributed by atoms with E-state index >= 15 is 0 Å². The zero-order valence-corrected chi connectivity index (χ0v) is 16.8. The van der Waals surface area contributed by atoms with Gasteiger partial charge in [-0.3, -0.25) is 4.99 Å². The Morgan fingerprint density at radius 2 is 1.96 bits per heavy atom. The Balaban J connectivity index is 0.00000225. The van der Waals surface area contributed by atoms with Crippen LogP contribution in [0.15, 0.2) is 46.3 Å². The Morgan fingerprint density at radius 1 is 1.20 bits per heavy atom. The molecule has 1 fully saturated rings. The van der Waals surface area contributed by atoms with Crippen LogP contribution in [0.25, 0.3) is 0 Å². The molecule has 3 heterocycles. The summed E-state index contributed by atoms with van der Waals surface area (Å²) in [5, 5.41) is 3.38. The number of nitrogens with one attached hydrogen (secondary N) is 1. The SMILES string of the molecule is CCNC(=NCCc1ccco1)N1CCN(c2ncccn2)CC1.I. The lowest BCUT2D eigenvalue weighted by Crippen LogP contribution is -2.53. The lowest BCUT2D eigenvalue weighted by atomic mass is 10.3. The number of piperazine rings is 1. The number of anilines is 1.